The average molecular weight is 176 g/mol. The molecule has 11 heavy (non-hydrogen) atoms. The lowest BCUT2D eigenvalue weighted by molar-refractivity contribution is 0.974. The van der Waals surface area contributed by atoms with E-state index in [2.05, 4.69) is 31.9 Å². The molecule has 1 saturated carbocycles. The van der Waals surface area contributed by atoms with Gasteiger partial charge in [0.05, 0.1) is 0 Å². The highest BCUT2D eigenvalue weighted by Crippen LogP contribution is 2.79. The summed E-state index contributed by atoms with van der Waals surface area (Å²) in [5, 5.41) is 0. The van der Waals surface area contributed by atoms with E-state index < -0.39 is 8.29 Å². The molecular weight excluding hydrogens is 152 g/mol. The summed E-state index contributed by atoms with van der Waals surface area (Å²) in [5.41, 5.74) is 0. The number of hydrogen-bond acceptors (Lipinski definition) is 0. The largest absolute Gasteiger partial charge is 0.283 e. The first-order valence-electron chi connectivity index (χ1n) is 4.64. The van der Waals surface area contributed by atoms with Crippen LogP contribution in [0.5, 0.6) is 0 Å². The summed E-state index contributed by atoms with van der Waals surface area (Å²) >= 11 is 0. The molecule has 0 amide bonds. The van der Waals surface area contributed by atoms with Crippen LogP contribution in [0.2, 0.25) is 0 Å². The lowest BCUT2D eigenvalue weighted by Crippen LogP contribution is -2.37. The van der Waals surface area contributed by atoms with Crippen molar-refractivity contribution in [1.29, 1.82) is 0 Å². The normalized spacial score (nSPS) is 25.9. The summed E-state index contributed by atoms with van der Waals surface area (Å²) in [7, 11) is -1.57. The molecule has 0 spiro atoms. The second kappa shape index (κ2) is 1.81. The van der Waals surface area contributed by atoms with Gasteiger partial charge >= 0.3 is 0 Å². The first-order valence-corrected chi connectivity index (χ1v) is 9.06. The summed E-state index contributed by atoms with van der Waals surface area (Å²) in [5.74, 6) is 3.98. The lowest BCUT2D eigenvalue weighted by atomic mass is 10.5. The van der Waals surface area contributed by atoms with Crippen molar-refractivity contribution in [2.24, 2.45) is 5.92 Å². The van der Waals surface area contributed by atoms with Crippen molar-refractivity contribution in [3.05, 3.63) is 0 Å². The van der Waals surface area contributed by atoms with Gasteiger partial charge in [0.2, 0.25) is 0 Å². The molecule has 0 aromatic carbocycles. The summed E-state index contributed by atoms with van der Waals surface area (Å²) < 4.78 is 0. The highest BCUT2D eigenvalue weighted by atomic mass is 32.4. The van der Waals surface area contributed by atoms with Crippen molar-refractivity contribution in [3.8, 4) is 0 Å². The first kappa shape index (κ1) is 9.44. The molecule has 70 valence electrons. The van der Waals surface area contributed by atoms with Crippen LogP contribution in [0, 0.1) is 5.92 Å². The Bertz CT molecular complexity index is 166. The van der Waals surface area contributed by atoms with E-state index in [0.29, 0.717) is 0 Å². The highest BCUT2D eigenvalue weighted by Gasteiger charge is 2.44. The summed E-state index contributed by atoms with van der Waals surface area (Å²) in [6.45, 7) is 2.37. The van der Waals surface area contributed by atoms with Gasteiger partial charge in [0.1, 0.15) is 0 Å². The van der Waals surface area contributed by atoms with Gasteiger partial charge in [-0.05, 0) is 55.3 Å². The van der Waals surface area contributed by atoms with Crippen molar-refractivity contribution in [2.45, 2.75) is 19.8 Å². The van der Waals surface area contributed by atoms with E-state index >= 15 is 0 Å². The third-order valence-corrected chi connectivity index (χ3v) is 7.83. The van der Waals surface area contributed by atoms with Gasteiger partial charge in [0.15, 0.2) is 0 Å². The predicted molar refractivity (Wildman–Crippen MR) is 59.4 cm³/mol. The van der Waals surface area contributed by atoms with E-state index in [4.69, 9.17) is 0 Å². The molecule has 0 unspecified atom stereocenters. The zero-order valence-electron chi connectivity index (χ0n) is 8.81. The van der Waals surface area contributed by atoms with Gasteiger partial charge in [-0.1, -0.05) is 6.92 Å². The van der Waals surface area contributed by atoms with Gasteiger partial charge in [-0.25, -0.2) is 0 Å². The maximum Gasteiger partial charge on any atom is -0.0315 e. The van der Waals surface area contributed by atoms with E-state index in [9.17, 15) is 0 Å². The van der Waals surface area contributed by atoms with Crippen molar-refractivity contribution in [3.63, 3.8) is 0 Å². The third-order valence-electron chi connectivity index (χ3n) is 3.08. The van der Waals surface area contributed by atoms with E-state index in [1.807, 2.05) is 0 Å². The molecule has 0 aromatic heterocycles. The molecule has 1 heteroatoms. The van der Waals surface area contributed by atoms with Gasteiger partial charge in [-0.3, -0.25) is 8.29 Å². The fourth-order valence-corrected chi connectivity index (χ4v) is 4.30. The van der Waals surface area contributed by atoms with Crippen LogP contribution >= 0.6 is 8.29 Å². The molecule has 0 bridgehead atoms. The van der Waals surface area contributed by atoms with Crippen molar-refractivity contribution in [2.75, 3.05) is 36.5 Å². The summed E-state index contributed by atoms with van der Waals surface area (Å²) in [4.78, 5) is 0. The molecule has 0 heterocycles. The van der Waals surface area contributed by atoms with Crippen molar-refractivity contribution in [1.82, 2.24) is 0 Å². The molecule has 1 rings (SSSR count). The third kappa shape index (κ3) is 3.06. The second-order valence-electron chi connectivity index (χ2n) is 6.86. The predicted octanol–water partition coefficient (Wildman–Crippen LogP) is 2.81. The van der Waals surface area contributed by atoms with Gasteiger partial charge in [-0.15, -0.1) is 0 Å². The van der Waals surface area contributed by atoms with Crippen LogP contribution in [0.3, 0.4) is 0 Å². The van der Waals surface area contributed by atoms with E-state index in [1.165, 1.54) is 24.3 Å². The molecule has 1 fully saturated rings. The Morgan fingerprint density at radius 1 is 1.09 bits per heavy atom. The Balaban J connectivity index is 2.73. The quantitative estimate of drug-likeness (QED) is 0.620. The fraction of sp³-hybridized carbons (Fsp3) is 1.00. The van der Waals surface area contributed by atoms with Gasteiger partial charge in [-0.2, -0.15) is 0 Å². The molecular formula is C10H24S. The first-order chi connectivity index (χ1) is 4.64. The Labute approximate surface area is 71.0 Å². The molecule has 0 atom stereocenters. The standard InChI is InChI=1S/C10H24S/c1-6-11(2,3,4,5)9-10-7-8-10/h10H,6-9H2,1-5H3. The molecule has 1 aliphatic rings. The van der Waals surface area contributed by atoms with Crippen molar-refractivity contribution >= 4 is 8.29 Å². The van der Waals surface area contributed by atoms with Gasteiger partial charge < -0.3 is 0 Å². The van der Waals surface area contributed by atoms with Crippen LogP contribution in [0.25, 0.3) is 0 Å². The monoisotopic (exact) mass is 176 g/mol. The zero-order chi connectivity index (χ0) is 8.81. The van der Waals surface area contributed by atoms with Crippen LogP contribution in [0.1, 0.15) is 19.8 Å². The molecule has 0 radical (unpaired) electrons. The molecule has 0 nitrogen and oxygen atoms in total. The zero-order valence-corrected chi connectivity index (χ0v) is 9.63. The Morgan fingerprint density at radius 3 is 1.82 bits per heavy atom. The van der Waals surface area contributed by atoms with Crippen molar-refractivity contribution < 1.29 is 0 Å². The number of hydrogen-bond donors (Lipinski definition) is 0. The molecule has 0 saturated heterocycles. The topological polar surface area (TPSA) is 0 Å². The average Bonchev–Trinajstić information content (AvgIpc) is 2.47. The molecule has 1 aliphatic carbocycles. The minimum atomic E-state index is -1.57. The highest BCUT2D eigenvalue weighted by molar-refractivity contribution is 8.62. The minimum Gasteiger partial charge on any atom is -0.283 e. The van der Waals surface area contributed by atoms with Crippen LogP contribution in [-0.4, -0.2) is 36.5 Å². The summed E-state index contributed by atoms with van der Waals surface area (Å²) in [6, 6.07) is 0. The fourth-order valence-electron chi connectivity index (χ4n) is 1.51. The van der Waals surface area contributed by atoms with Gasteiger partial charge in [0, 0.05) is 0 Å². The maximum atomic E-state index is 2.54. The van der Waals surface area contributed by atoms with Crippen LogP contribution < -0.4 is 0 Å². The Kier molecular flexibility index (Phi) is 1.55. The number of rotatable bonds is 3. The SMILES string of the molecule is CCS(C)(C)(C)(C)CC1CC1. The minimum absolute atomic E-state index is 1.08. The Hall–Kier alpha value is 0.350. The van der Waals surface area contributed by atoms with Crippen LogP contribution in [0.15, 0.2) is 0 Å². The molecule has 0 aliphatic heterocycles. The summed E-state index contributed by atoms with van der Waals surface area (Å²) in [6.07, 6.45) is 13.2. The van der Waals surface area contributed by atoms with Gasteiger partial charge in [0.25, 0.3) is 0 Å². The second-order valence-corrected chi connectivity index (χ2v) is 17.7. The smallest absolute Gasteiger partial charge is 0.0315 e. The van der Waals surface area contributed by atoms with E-state index in [1.54, 1.807) is 0 Å². The van der Waals surface area contributed by atoms with Crippen LogP contribution in [0.4, 0.5) is 0 Å². The van der Waals surface area contributed by atoms with E-state index in [-0.39, 0.29) is 0 Å². The van der Waals surface area contributed by atoms with E-state index in [0.717, 1.165) is 5.92 Å². The lowest BCUT2D eigenvalue weighted by Gasteiger charge is -2.69. The molecule has 0 N–H and O–H groups in total. The Morgan fingerprint density at radius 2 is 1.55 bits per heavy atom. The van der Waals surface area contributed by atoms with Crippen LogP contribution in [-0.2, 0) is 0 Å². The maximum absolute atomic E-state index is 2.54. The molecule has 0 aromatic rings.